The molecule has 0 spiro atoms. The van der Waals surface area contributed by atoms with E-state index in [-0.39, 0.29) is 5.91 Å². The lowest BCUT2D eigenvalue weighted by atomic mass is 10.2. The summed E-state index contributed by atoms with van der Waals surface area (Å²) >= 11 is 0. The highest BCUT2D eigenvalue weighted by molar-refractivity contribution is 5.97. The van der Waals surface area contributed by atoms with Gasteiger partial charge in [-0.1, -0.05) is 12.2 Å². The van der Waals surface area contributed by atoms with Crippen molar-refractivity contribution in [1.29, 1.82) is 0 Å². The van der Waals surface area contributed by atoms with Gasteiger partial charge in [0.25, 0.3) is 5.91 Å². The second-order valence-electron chi connectivity index (χ2n) is 3.90. The number of aromatic nitrogens is 2. The number of hydrogen-bond donors (Lipinski definition) is 1. The van der Waals surface area contributed by atoms with Crippen molar-refractivity contribution in [1.82, 2.24) is 15.3 Å². The summed E-state index contributed by atoms with van der Waals surface area (Å²) in [7, 11) is 0. The zero-order valence-corrected chi connectivity index (χ0v) is 9.60. The Hall–Kier alpha value is -2.23. The van der Waals surface area contributed by atoms with Crippen LogP contribution < -0.4 is 5.32 Å². The van der Waals surface area contributed by atoms with E-state index in [4.69, 9.17) is 0 Å². The number of rotatable bonds is 3. The fourth-order valence-electron chi connectivity index (χ4n) is 1.44. The van der Waals surface area contributed by atoms with Gasteiger partial charge in [0.1, 0.15) is 0 Å². The normalized spacial score (nSPS) is 10.2. The zero-order valence-electron chi connectivity index (χ0n) is 9.60. The van der Waals surface area contributed by atoms with Gasteiger partial charge < -0.3 is 5.32 Å². The first-order valence-electron chi connectivity index (χ1n) is 5.30. The van der Waals surface area contributed by atoms with Gasteiger partial charge in [-0.3, -0.25) is 14.8 Å². The lowest BCUT2D eigenvalue weighted by Crippen LogP contribution is -2.24. The molecule has 0 aliphatic carbocycles. The summed E-state index contributed by atoms with van der Waals surface area (Å²) in [6.45, 7) is 6.08. The van der Waals surface area contributed by atoms with E-state index in [2.05, 4.69) is 21.9 Å². The van der Waals surface area contributed by atoms with Crippen molar-refractivity contribution in [2.45, 2.75) is 6.92 Å². The Morgan fingerprint density at radius 3 is 2.71 bits per heavy atom. The van der Waals surface area contributed by atoms with Crippen LogP contribution >= 0.6 is 0 Å². The van der Waals surface area contributed by atoms with Crippen LogP contribution in [0.25, 0.3) is 11.0 Å². The maximum absolute atomic E-state index is 11.8. The SMILES string of the molecule is C=C(C)CNC(=O)c1ccc2nccnc2c1. The minimum absolute atomic E-state index is 0.124. The number of amides is 1. The minimum Gasteiger partial charge on any atom is -0.348 e. The van der Waals surface area contributed by atoms with Crippen molar-refractivity contribution in [3.05, 3.63) is 48.3 Å². The Kier molecular flexibility index (Phi) is 3.14. The summed E-state index contributed by atoms with van der Waals surface area (Å²) in [4.78, 5) is 20.1. The topological polar surface area (TPSA) is 54.9 Å². The molecule has 1 heterocycles. The van der Waals surface area contributed by atoms with Crippen molar-refractivity contribution >= 4 is 16.9 Å². The van der Waals surface area contributed by atoms with Crippen LogP contribution in [0.2, 0.25) is 0 Å². The number of carbonyl (C=O) groups is 1. The number of benzene rings is 1. The number of hydrogen-bond acceptors (Lipinski definition) is 3. The van der Waals surface area contributed by atoms with Gasteiger partial charge in [0.2, 0.25) is 0 Å². The molecule has 4 heteroatoms. The number of nitrogens with one attached hydrogen (secondary N) is 1. The van der Waals surface area contributed by atoms with Gasteiger partial charge in [-0.15, -0.1) is 0 Å². The third-order valence-corrected chi connectivity index (χ3v) is 2.28. The maximum Gasteiger partial charge on any atom is 0.251 e. The lowest BCUT2D eigenvalue weighted by molar-refractivity contribution is 0.0957. The summed E-state index contributed by atoms with van der Waals surface area (Å²) in [6.07, 6.45) is 3.24. The molecule has 0 bridgehead atoms. The molecule has 0 fully saturated rings. The predicted molar refractivity (Wildman–Crippen MR) is 66.7 cm³/mol. The van der Waals surface area contributed by atoms with Crippen molar-refractivity contribution in [2.75, 3.05) is 6.54 Å². The van der Waals surface area contributed by atoms with Gasteiger partial charge in [-0.05, 0) is 25.1 Å². The predicted octanol–water partition coefficient (Wildman–Crippen LogP) is 1.94. The van der Waals surface area contributed by atoms with Crippen LogP contribution in [0, 0.1) is 0 Å². The average molecular weight is 227 g/mol. The van der Waals surface area contributed by atoms with Gasteiger partial charge in [0, 0.05) is 24.5 Å². The third-order valence-electron chi connectivity index (χ3n) is 2.28. The van der Waals surface area contributed by atoms with Gasteiger partial charge in [-0.2, -0.15) is 0 Å². The number of fused-ring (bicyclic) bond motifs is 1. The average Bonchev–Trinajstić information content (AvgIpc) is 2.35. The van der Waals surface area contributed by atoms with Gasteiger partial charge >= 0.3 is 0 Å². The standard InChI is InChI=1S/C13H13N3O/c1-9(2)8-16-13(17)10-3-4-11-12(7-10)15-6-5-14-11/h3-7H,1,8H2,2H3,(H,16,17). The molecule has 0 aliphatic heterocycles. The summed E-state index contributed by atoms with van der Waals surface area (Å²) in [5.41, 5.74) is 3.00. The fraction of sp³-hybridized carbons (Fsp3) is 0.154. The largest absolute Gasteiger partial charge is 0.348 e. The van der Waals surface area contributed by atoms with E-state index in [9.17, 15) is 4.79 Å². The fourth-order valence-corrected chi connectivity index (χ4v) is 1.44. The Morgan fingerprint density at radius 2 is 2.00 bits per heavy atom. The van der Waals surface area contributed by atoms with E-state index in [1.54, 1.807) is 30.6 Å². The summed E-state index contributed by atoms with van der Waals surface area (Å²) in [5, 5.41) is 2.78. The molecule has 0 radical (unpaired) electrons. The van der Waals surface area contributed by atoms with Crippen LogP contribution in [-0.4, -0.2) is 22.4 Å². The highest BCUT2D eigenvalue weighted by Gasteiger charge is 2.06. The molecule has 2 rings (SSSR count). The second-order valence-corrected chi connectivity index (χ2v) is 3.90. The molecule has 86 valence electrons. The zero-order chi connectivity index (χ0) is 12.3. The molecule has 0 saturated heterocycles. The monoisotopic (exact) mass is 227 g/mol. The van der Waals surface area contributed by atoms with Crippen LogP contribution in [0.3, 0.4) is 0 Å². The summed E-state index contributed by atoms with van der Waals surface area (Å²) in [6, 6.07) is 5.26. The van der Waals surface area contributed by atoms with Crippen molar-refractivity contribution < 1.29 is 4.79 Å². The Morgan fingerprint density at radius 1 is 1.29 bits per heavy atom. The van der Waals surface area contributed by atoms with Crippen molar-refractivity contribution in [2.24, 2.45) is 0 Å². The smallest absolute Gasteiger partial charge is 0.251 e. The van der Waals surface area contributed by atoms with Crippen LogP contribution in [0.1, 0.15) is 17.3 Å². The highest BCUT2D eigenvalue weighted by Crippen LogP contribution is 2.10. The molecule has 4 nitrogen and oxygen atoms in total. The van der Waals surface area contributed by atoms with Crippen LogP contribution in [0.4, 0.5) is 0 Å². The Bertz CT molecular complexity index is 578. The van der Waals surface area contributed by atoms with E-state index < -0.39 is 0 Å². The first-order chi connectivity index (χ1) is 8.16. The summed E-state index contributed by atoms with van der Waals surface area (Å²) in [5.74, 6) is -0.124. The molecule has 0 unspecified atom stereocenters. The lowest BCUT2D eigenvalue weighted by Gasteiger charge is -2.05. The number of nitrogens with zero attached hydrogens (tertiary/aromatic N) is 2. The van der Waals surface area contributed by atoms with Crippen LogP contribution in [-0.2, 0) is 0 Å². The Balaban J connectivity index is 2.24. The first kappa shape index (κ1) is 11.3. The van der Waals surface area contributed by atoms with Crippen LogP contribution in [0.5, 0.6) is 0 Å². The van der Waals surface area contributed by atoms with E-state index in [0.29, 0.717) is 12.1 Å². The van der Waals surface area contributed by atoms with E-state index in [1.165, 1.54) is 0 Å². The molecule has 1 aromatic carbocycles. The quantitative estimate of drug-likeness (QED) is 0.815. The number of carbonyl (C=O) groups excluding carboxylic acids is 1. The Labute approximate surface area is 99.4 Å². The molecule has 0 saturated carbocycles. The van der Waals surface area contributed by atoms with Crippen LogP contribution in [0.15, 0.2) is 42.7 Å². The molecule has 1 amide bonds. The highest BCUT2D eigenvalue weighted by atomic mass is 16.1. The van der Waals surface area contributed by atoms with Gasteiger partial charge in [0.05, 0.1) is 11.0 Å². The van der Waals surface area contributed by atoms with E-state index in [1.807, 2.05) is 6.92 Å². The summed E-state index contributed by atoms with van der Waals surface area (Å²) < 4.78 is 0. The molecule has 1 N–H and O–H groups in total. The molecular formula is C13H13N3O. The van der Waals surface area contributed by atoms with E-state index >= 15 is 0 Å². The van der Waals surface area contributed by atoms with Gasteiger partial charge in [0.15, 0.2) is 0 Å². The molecule has 0 atom stereocenters. The molecule has 17 heavy (non-hydrogen) atoms. The van der Waals surface area contributed by atoms with E-state index in [0.717, 1.165) is 16.6 Å². The molecular weight excluding hydrogens is 214 g/mol. The third kappa shape index (κ3) is 2.66. The minimum atomic E-state index is -0.124. The molecule has 1 aromatic heterocycles. The van der Waals surface area contributed by atoms with Crippen molar-refractivity contribution in [3.8, 4) is 0 Å². The molecule has 0 aliphatic rings. The molecule has 2 aromatic rings. The second kappa shape index (κ2) is 4.74. The maximum atomic E-state index is 11.8. The van der Waals surface area contributed by atoms with Gasteiger partial charge in [-0.25, -0.2) is 0 Å². The first-order valence-corrected chi connectivity index (χ1v) is 5.30. The van der Waals surface area contributed by atoms with Crippen molar-refractivity contribution in [3.63, 3.8) is 0 Å².